The van der Waals surface area contributed by atoms with Crippen LogP contribution in [0.5, 0.6) is 0 Å². The smallest absolute Gasteiger partial charge is 0.407 e. The highest BCUT2D eigenvalue weighted by atomic mass is 16.6. The molecule has 0 bridgehead atoms. The Morgan fingerprint density at radius 2 is 1.62 bits per heavy atom. The molecule has 1 amide bonds. The molecule has 0 aromatic rings. The van der Waals surface area contributed by atoms with Gasteiger partial charge in [-0.2, -0.15) is 0 Å². The third-order valence-corrected chi connectivity index (χ3v) is 2.02. The molecule has 0 heterocycles. The standard InChI is InChI=1S/C12H26N2O2/c1-12(2,3)16-11(15)14-10-8-6-5-7-9-13-4/h13H,5-10H2,1-4H3,(H,14,15). The number of rotatable bonds is 7. The molecule has 0 saturated carbocycles. The number of ether oxygens (including phenoxy) is 1. The predicted molar refractivity (Wildman–Crippen MR) is 66.6 cm³/mol. The monoisotopic (exact) mass is 230 g/mol. The van der Waals surface area contributed by atoms with Gasteiger partial charge in [0.2, 0.25) is 0 Å². The minimum Gasteiger partial charge on any atom is -0.444 e. The topological polar surface area (TPSA) is 50.4 Å². The van der Waals surface area contributed by atoms with Crippen molar-refractivity contribution in [1.29, 1.82) is 0 Å². The van der Waals surface area contributed by atoms with Crippen LogP contribution in [-0.4, -0.2) is 31.8 Å². The molecule has 0 radical (unpaired) electrons. The second-order valence-electron chi connectivity index (χ2n) is 4.95. The molecule has 0 fully saturated rings. The molecule has 0 aromatic heterocycles. The van der Waals surface area contributed by atoms with E-state index in [1.54, 1.807) is 0 Å². The number of carbonyl (C=O) groups excluding carboxylic acids is 1. The minimum absolute atomic E-state index is 0.317. The SMILES string of the molecule is CNCCCCCCNC(=O)OC(C)(C)C. The lowest BCUT2D eigenvalue weighted by atomic mass is 10.2. The van der Waals surface area contributed by atoms with Crippen molar-refractivity contribution < 1.29 is 9.53 Å². The second-order valence-corrected chi connectivity index (χ2v) is 4.95. The molecule has 16 heavy (non-hydrogen) atoms. The van der Waals surface area contributed by atoms with Crippen molar-refractivity contribution in [2.24, 2.45) is 0 Å². The van der Waals surface area contributed by atoms with Gasteiger partial charge in [0.1, 0.15) is 5.60 Å². The van der Waals surface area contributed by atoms with Gasteiger partial charge in [0.15, 0.2) is 0 Å². The average Bonchev–Trinajstić information content (AvgIpc) is 2.13. The summed E-state index contributed by atoms with van der Waals surface area (Å²) in [5, 5.41) is 5.87. The summed E-state index contributed by atoms with van der Waals surface area (Å²) in [4.78, 5) is 11.3. The average molecular weight is 230 g/mol. The first-order valence-corrected chi connectivity index (χ1v) is 6.07. The quantitative estimate of drug-likeness (QED) is 0.660. The number of unbranched alkanes of at least 4 members (excludes halogenated alkanes) is 3. The molecule has 2 N–H and O–H groups in total. The summed E-state index contributed by atoms with van der Waals surface area (Å²) < 4.78 is 5.12. The Bertz CT molecular complexity index is 188. The van der Waals surface area contributed by atoms with E-state index in [2.05, 4.69) is 10.6 Å². The van der Waals surface area contributed by atoms with E-state index in [0.717, 1.165) is 19.4 Å². The van der Waals surface area contributed by atoms with Crippen LogP contribution in [0.25, 0.3) is 0 Å². The van der Waals surface area contributed by atoms with E-state index in [1.165, 1.54) is 12.8 Å². The lowest BCUT2D eigenvalue weighted by Gasteiger charge is -2.19. The van der Waals surface area contributed by atoms with Crippen molar-refractivity contribution in [3.05, 3.63) is 0 Å². The molecule has 96 valence electrons. The van der Waals surface area contributed by atoms with E-state index in [9.17, 15) is 4.79 Å². The van der Waals surface area contributed by atoms with Crippen molar-refractivity contribution in [3.63, 3.8) is 0 Å². The largest absolute Gasteiger partial charge is 0.444 e. The Labute approximate surface area is 99.1 Å². The molecular formula is C12H26N2O2. The van der Waals surface area contributed by atoms with Crippen LogP contribution in [0.1, 0.15) is 46.5 Å². The zero-order valence-electron chi connectivity index (χ0n) is 11.1. The third kappa shape index (κ3) is 11.3. The van der Waals surface area contributed by atoms with Gasteiger partial charge in [-0.25, -0.2) is 4.79 Å². The lowest BCUT2D eigenvalue weighted by molar-refractivity contribution is 0.0527. The summed E-state index contributed by atoms with van der Waals surface area (Å²) in [5.41, 5.74) is -0.406. The maximum atomic E-state index is 11.3. The molecule has 4 nitrogen and oxygen atoms in total. The van der Waals surface area contributed by atoms with Gasteiger partial charge in [0.05, 0.1) is 0 Å². The van der Waals surface area contributed by atoms with Gasteiger partial charge in [-0.15, -0.1) is 0 Å². The second kappa shape index (κ2) is 8.39. The number of hydrogen-bond acceptors (Lipinski definition) is 3. The van der Waals surface area contributed by atoms with Crippen molar-refractivity contribution in [3.8, 4) is 0 Å². The van der Waals surface area contributed by atoms with Gasteiger partial charge < -0.3 is 15.4 Å². The number of amides is 1. The molecule has 0 atom stereocenters. The first-order chi connectivity index (χ1) is 7.45. The molecule has 0 aromatic carbocycles. The summed E-state index contributed by atoms with van der Waals surface area (Å²) in [6.45, 7) is 7.37. The van der Waals surface area contributed by atoms with Crippen LogP contribution in [0.3, 0.4) is 0 Å². The molecule has 0 aliphatic rings. The van der Waals surface area contributed by atoms with E-state index in [0.29, 0.717) is 6.54 Å². The molecule has 0 spiro atoms. The zero-order valence-corrected chi connectivity index (χ0v) is 11.1. The van der Waals surface area contributed by atoms with E-state index in [-0.39, 0.29) is 6.09 Å². The van der Waals surface area contributed by atoms with E-state index < -0.39 is 5.60 Å². The Morgan fingerprint density at radius 3 is 2.12 bits per heavy atom. The Kier molecular flexibility index (Phi) is 7.99. The van der Waals surface area contributed by atoms with Gasteiger partial charge in [-0.3, -0.25) is 0 Å². The van der Waals surface area contributed by atoms with Gasteiger partial charge >= 0.3 is 6.09 Å². The maximum Gasteiger partial charge on any atom is 0.407 e. The van der Waals surface area contributed by atoms with Crippen LogP contribution in [-0.2, 0) is 4.74 Å². The predicted octanol–water partition coefficient (Wildman–Crippen LogP) is 2.29. The highest BCUT2D eigenvalue weighted by Gasteiger charge is 2.15. The molecule has 0 unspecified atom stereocenters. The fourth-order valence-electron chi connectivity index (χ4n) is 1.28. The Morgan fingerprint density at radius 1 is 1.06 bits per heavy atom. The van der Waals surface area contributed by atoms with Gasteiger partial charge in [0.25, 0.3) is 0 Å². The van der Waals surface area contributed by atoms with E-state index >= 15 is 0 Å². The number of carbonyl (C=O) groups is 1. The molecule has 0 aliphatic heterocycles. The van der Waals surface area contributed by atoms with Gasteiger partial charge in [-0.05, 0) is 47.2 Å². The van der Waals surface area contributed by atoms with Crippen LogP contribution < -0.4 is 10.6 Å². The molecule has 0 aliphatic carbocycles. The van der Waals surface area contributed by atoms with Crippen molar-refractivity contribution in [2.75, 3.05) is 20.1 Å². The summed E-state index contributed by atoms with van der Waals surface area (Å²) in [7, 11) is 1.96. The highest BCUT2D eigenvalue weighted by molar-refractivity contribution is 5.67. The Balaban J connectivity index is 3.28. The number of alkyl carbamates (subject to hydrolysis) is 1. The van der Waals surface area contributed by atoms with Crippen LogP contribution in [0.2, 0.25) is 0 Å². The van der Waals surface area contributed by atoms with E-state index in [1.807, 2.05) is 27.8 Å². The van der Waals surface area contributed by atoms with Crippen LogP contribution in [0.4, 0.5) is 4.79 Å². The first kappa shape index (κ1) is 15.2. The molecule has 0 saturated heterocycles. The van der Waals surface area contributed by atoms with Crippen LogP contribution in [0.15, 0.2) is 0 Å². The summed E-state index contributed by atoms with van der Waals surface area (Å²) in [5.74, 6) is 0. The molecular weight excluding hydrogens is 204 g/mol. The first-order valence-electron chi connectivity index (χ1n) is 6.07. The minimum atomic E-state index is -0.406. The highest BCUT2D eigenvalue weighted by Crippen LogP contribution is 2.06. The van der Waals surface area contributed by atoms with Crippen molar-refractivity contribution in [2.45, 2.75) is 52.1 Å². The third-order valence-electron chi connectivity index (χ3n) is 2.02. The molecule has 0 rings (SSSR count). The summed E-state index contributed by atoms with van der Waals surface area (Å²) >= 11 is 0. The maximum absolute atomic E-state index is 11.3. The summed E-state index contributed by atoms with van der Waals surface area (Å²) in [6, 6.07) is 0. The Hall–Kier alpha value is -0.770. The summed E-state index contributed by atoms with van der Waals surface area (Å²) in [6.07, 6.45) is 4.25. The lowest BCUT2D eigenvalue weighted by Crippen LogP contribution is -2.32. The van der Waals surface area contributed by atoms with Crippen LogP contribution in [0, 0.1) is 0 Å². The van der Waals surface area contributed by atoms with Crippen LogP contribution >= 0.6 is 0 Å². The van der Waals surface area contributed by atoms with Gasteiger partial charge in [-0.1, -0.05) is 12.8 Å². The van der Waals surface area contributed by atoms with Gasteiger partial charge in [0, 0.05) is 6.54 Å². The number of nitrogens with one attached hydrogen (secondary N) is 2. The normalized spacial score (nSPS) is 11.2. The zero-order chi connectivity index (χ0) is 12.4. The number of hydrogen-bond donors (Lipinski definition) is 2. The van der Waals surface area contributed by atoms with Crippen molar-refractivity contribution in [1.82, 2.24) is 10.6 Å². The fourth-order valence-corrected chi connectivity index (χ4v) is 1.28. The molecule has 4 heteroatoms. The van der Waals surface area contributed by atoms with E-state index in [4.69, 9.17) is 4.74 Å². The fraction of sp³-hybridized carbons (Fsp3) is 0.917. The van der Waals surface area contributed by atoms with Crippen molar-refractivity contribution >= 4 is 6.09 Å².